The van der Waals surface area contributed by atoms with Gasteiger partial charge in [-0.25, -0.2) is 0 Å². The Morgan fingerprint density at radius 1 is 1.24 bits per heavy atom. The van der Waals surface area contributed by atoms with Crippen LogP contribution in [0.2, 0.25) is 0 Å². The fraction of sp³-hybridized carbons (Fsp3) is 0.500. The highest BCUT2D eigenvalue weighted by Crippen LogP contribution is 2.31. The van der Waals surface area contributed by atoms with E-state index < -0.39 is 17.3 Å². The number of carbonyl (C=O) groups is 2. The minimum atomic E-state index is -0.830. The SMILES string of the molecule is CC1CN(C(=O)C(C)(C)c2ccc(N)cc2)CC1C(=O)O. The van der Waals surface area contributed by atoms with Crippen LogP contribution in [-0.2, 0) is 15.0 Å². The Morgan fingerprint density at radius 3 is 2.29 bits per heavy atom. The molecule has 2 atom stereocenters. The quantitative estimate of drug-likeness (QED) is 0.830. The average Bonchev–Trinajstić information content (AvgIpc) is 2.80. The highest BCUT2D eigenvalue weighted by Gasteiger charge is 2.42. The molecule has 5 nitrogen and oxygen atoms in total. The van der Waals surface area contributed by atoms with Gasteiger partial charge in [0.25, 0.3) is 0 Å². The Bertz CT molecular complexity index is 551. The van der Waals surface area contributed by atoms with E-state index in [1.54, 1.807) is 17.0 Å². The number of nitrogens with two attached hydrogens (primary N) is 1. The first kappa shape index (κ1) is 15.4. The summed E-state index contributed by atoms with van der Waals surface area (Å²) in [5.41, 5.74) is 6.52. The third-order valence-electron chi connectivity index (χ3n) is 4.38. The van der Waals surface area contributed by atoms with Gasteiger partial charge in [0.05, 0.1) is 11.3 Å². The van der Waals surface area contributed by atoms with Gasteiger partial charge in [-0.05, 0) is 37.5 Å². The number of nitrogen functional groups attached to an aromatic ring is 1. The summed E-state index contributed by atoms with van der Waals surface area (Å²) >= 11 is 0. The maximum absolute atomic E-state index is 12.8. The first-order chi connectivity index (χ1) is 9.73. The van der Waals surface area contributed by atoms with Crippen LogP contribution in [0.3, 0.4) is 0 Å². The van der Waals surface area contributed by atoms with Crippen molar-refractivity contribution in [1.29, 1.82) is 0 Å². The van der Waals surface area contributed by atoms with Gasteiger partial charge < -0.3 is 15.7 Å². The molecule has 2 rings (SSSR count). The number of anilines is 1. The zero-order chi connectivity index (χ0) is 15.8. The minimum absolute atomic E-state index is 0.0198. The van der Waals surface area contributed by atoms with Crippen LogP contribution in [0.5, 0.6) is 0 Å². The van der Waals surface area contributed by atoms with Gasteiger partial charge in [-0.1, -0.05) is 19.1 Å². The molecule has 0 saturated carbocycles. The van der Waals surface area contributed by atoms with Crippen molar-refractivity contribution in [2.75, 3.05) is 18.8 Å². The lowest BCUT2D eigenvalue weighted by Crippen LogP contribution is -2.42. The molecule has 1 aliphatic heterocycles. The fourth-order valence-electron chi connectivity index (χ4n) is 2.87. The van der Waals surface area contributed by atoms with Crippen LogP contribution in [0.1, 0.15) is 26.3 Å². The molecule has 1 saturated heterocycles. The van der Waals surface area contributed by atoms with Crippen molar-refractivity contribution >= 4 is 17.6 Å². The van der Waals surface area contributed by atoms with Crippen molar-refractivity contribution in [2.45, 2.75) is 26.2 Å². The molecule has 1 amide bonds. The highest BCUT2D eigenvalue weighted by atomic mass is 16.4. The number of carbonyl (C=O) groups excluding carboxylic acids is 1. The summed E-state index contributed by atoms with van der Waals surface area (Å²) in [5, 5.41) is 9.18. The van der Waals surface area contributed by atoms with E-state index in [4.69, 9.17) is 5.73 Å². The summed E-state index contributed by atoms with van der Waals surface area (Å²) in [6.07, 6.45) is 0. The molecule has 0 aliphatic carbocycles. The lowest BCUT2D eigenvalue weighted by molar-refractivity contribution is -0.142. The lowest BCUT2D eigenvalue weighted by atomic mass is 9.83. The third-order valence-corrected chi connectivity index (χ3v) is 4.38. The molecule has 5 heteroatoms. The van der Waals surface area contributed by atoms with E-state index in [1.807, 2.05) is 32.9 Å². The second-order valence-corrected chi connectivity index (χ2v) is 6.38. The van der Waals surface area contributed by atoms with Gasteiger partial charge in [-0.15, -0.1) is 0 Å². The molecule has 3 N–H and O–H groups in total. The van der Waals surface area contributed by atoms with Crippen molar-refractivity contribution < 1.29 is 14.7 Å². The molecule has 1 aromatic rings. The van der Waals surface area contributed by atoms with Crippen LogP contribution < -0.4 is 5.73 Å². The Labute approximate surface area is 124 Å². The van der Waals surface area contributed by atoms with E-state index in [2.05, 4.69) is 0 Å². The summed E-state index contributed by atoms with van der Waals surface area (Å²) in [6.45, 7) is 6.38. The first-order valence-electron chi connectivity index (χ1n) is 7.11. The summed E-state index contributed by atoms with van der Waals surface area (Å²) < 4.78 is 0. The maximum atomic E-state index is 12.8. The fourth-order valence-corrected chi connectivity index (χ4v) is 2.87. The molecule has 0 spiro atoms. The van der Waals surface area contributed by atoms with E-state index in [1.165, 1.54) is 0 Å². The summed E-state index contributed by atoms with van der Waals surface area (Å²) in [5.74, 6) is -1.37. The molecule has 2 unspecified atom stereocenters. The van der Waals surface area contributed by atoms with Crippen molar-refractivity contribution in [3.63, 3.8) is 0 Å². The van der Waals surface area contributed by atoms with E-state index in [9.17, 15) is 14.7 Å². The molecule has 0 aromatic heterocycles. The maximum Gasteiger partial charge on any atom is 0.308 e. The predicted molar refractivity (Wildman–Crippen MR) is 80.8 cm³/mol. The Hall–Kier alpha value is -2.04. The number of aliphatic carboxylic acids is 1. The van der Waals surface area contributed by atoms with Crippen LogP contribution >= 0.6 is 0 Å². The largest absolute Gasteiger partial charge is 0.481 e. The van der Waals surface area contributed by atoms with Crippen LogP contribution in [0, 0.1) is 11.8 Å². The number of likely N-dealkylation sites (tertiary alicyclic amines) is 1. The molecule has 21 heavy (non-hydrogen) atoms. The minimum Gasteiger partial charge on any atom is -0.481 e. The zero-order valence-corrected chi connectivity index (χ0v) is 12.7. The monoisotopic (exact) mass is 290 g/mol. The van der Waals surface area contributed by atoms with Gasteiger partial charge in [0.1, 0.15) is 0 Å². The number of carboxylic acid groups (broad SMARTS) is 1. The summed E-state index contributed by atoms with van der Waals surface area (Å²) in [4.78, 5) is 25.6. The second kappa shape index (κ2) is 5.39. The van der Waals surface area contributed by atoms with E-state index in [-0.39, 0.29) is 18.4 Å². The van der Waals surface area contributed by atoms with Crippen LogP contribution in [0.25, 0.3) is 0 Å². The number of benzene rings is 1. The molecule has 0 radical (unpaired) electrons. The highest BCUT2D eigenvalue weighted by molar-refractivity contribution is 5.88. The second-order valence-electron chi connectivity index (χ2n) is 6.38. The molecule has 1 heterocycles. The van der Waals surface area contributed by atoms with Crippen molar-refractivity contribution in [1.82, 2.24) is 4.90 Å². The Balaban J connectivity index is 2.19. The number of hydrogen-bond acceptors (Lipinski definition) is 3. The number of amides is 1. The molecule has 1 aromatic carbocycles. The van der Waals surface area contributed by atoms with Crippen LogP contribution in [-0.4, -0.2) is 35.0 Å². The standard InChI is InChI=1S/C16H22N2O3/c1-10-8-18(9-13(10)14(19)20)15(21)16(2,3)11-4-6-12(17)7-5-11/h4-7,10,13H,8-9,17H2,1-3H3,(H,19,20). The molecular formula is C16H22N2O3. The van der Waals surface area contributed by atoms with Crippen molar-refractivity contribution in [3.8, 4) is 0 Å². The van der Waals surface area contributed by atoms with Gasteiger partial charge in [0, 0.05) is 18.8 Å². The van der Waals surface area contributed by atoms with Gasteiger partial charge in [-0.2, -0.15) is 0 Å². The van der Waals surface area contributed by atoms with Crippen molar-refractivity contribution in [3.05, 3.63) is 29.8 Å². The van der Waals surface area contributed by atoms with E-state index >= 15 is 0 Å². The normalized spacial score (nSPS) is 22.3. The van der Waals surface area contributed by atoms with Gasteiger partial charge in [0.15, 0.2) is 0 Å². The third kappa shape index (κ3) is 2.86. The zero-order valence-electron chi connectivity index (χ0n) is 12.7. The summed E-state index contributed by atoms with van der Waals surface area (Å²) in [6, 6.07) is 7.25. The molecular weight excluding hydrogens is 268 g/mol. The Morgan fingerprint density at radius 2 is 1.81 bits per heavy atom. The van der Waals surface area contributed by atoms with Gasteiger partial charge in [0.2, 0.25) is 5.91 Å². The predicted octanol–water partition coefficient (Wildman–Crippen LogP) is 1.73. The number of hydrogen-bond donors (Lipinski definition) is 2. The Kier molecular flexibility index (Phi) is 3.94. The van der Waals surface area contributed by atoms with Gasteiger partial charge in [-0.3, -0.25) is 9.59 Å². The summed E-state index contributed by atoms with van der Waals surface area (Å²) in [7, 11) is 0. The van der Waals surface area contributed by atoms with E-state index in [0.29, 0.717) is 12.2 Å². The number of rotatable bonds is 3. The molecule has 1 fully saturated rings. The average molecular weight is 290 g/mol. The topological polar surface area (TPSA) is 83.6 Å². The smallest absolute Gasteiger partial charge is 0.308 e. The lowest BCUT2D eigenvalue weighted by Gasteiger charge is -2.30. The van der Waals surface area contributed by atoms with Crippen molar-refractivity contribution in [2.24, 2.45) is 11.8 Å². The van der Waals surface area contributed by atoms with E-state index in [0.717, 1.165) is 5.56 Å². The number of carboxylic acids is 1. The molecule has 1 aliphatic rings. The van der Waals surface area contributed by atoms with Gasteiger partial charge >= 0.3 is 5.97 Å². The first-order valence-corrected chi connectivity index (χ1v) is 7.11. The molecule has 114 valence electrons. The number of nitrogens with zero attached hydrogens (tertiary/aromatic N) is 1. The van der Waals surface area contributed by atoms with Crippen LogP contribution in [0.15, 0.2) is 24.3 Å². The molecule has 0 bridgehead atoms. The van der Waals surface area contributed by atoms with Crippen LogP contribution in [0.4, 0.5) is 5.69 Å².